The molecule has 0 spiro atoms. The van der Waals surface area contributed by atoms with Crippen LogP contribution in [0.5, 0.6) is 0 Å². The molecule has 0 aliphatic carbocycles. The van der Waals surface area contributed by atoms with Crippen LogP contribution in [0.4, 0.5) is 0 Å². The average Bonchev–Trinajstić information content (AvgIpc) is 2.64. The molecule has 0 saturated heterocycles. The molecule has 26 heavy (non-hydrogen) atoms. The van der Waals surface area contributed by atoms with Gasteiger partial charge in [-0.2, -0.15) is 0 Å². The fourth-order valence-electron chi connectivity index (χ4n) is 3.34. The van der Waals surface area contributed by atoms with Gasteiger partial charge >= 0.3 is 0 Å². The number of aromatic nitrogens is 2. The van der Waals surface area contributed by atoms with Gasteiger partial charge in [0, 0.05) is 35.2 Å². The van der Waals surface area contributed by atoms with E-state index in [1.807, 2.05) is 37.3 Å². The molecule has 5 heteroatoms. The van der Waals surface area contributed by atoms with Crippen molar-refractivity contribution < 1.29 is 0 Å². The number of halogens is 1. The van der Waals surface area contributed by atoms with Crippen LogP contribution in [0.1, 0.15) is 22.4 Å². The molecule has 4 rings (SSSR count). The number of aromatic amines is 1. The SMILES string of the molecule is Cc1ccc(-c2nc3c(c(=O)[nH]2)CCN(Cc2ccccc2Br)C3)cc1. The summed E-state index contributed by atoms with van der Waals surface area (Å²) in [5, 5.41) is 0. The first kappa shape index (κ1) is 17.2. The molecule has 2 aromatic carbocycles. The first-order chi connectivity index (χ1) is 12.6. The third-order valence-electron chi connectivity index (χ3n) is 4.83. The lowest BCUT2D eigenvalue weighted by atomic mass is 10.0. The third kappa shape index (κ3) is 3.50. The average molecular weight is 410 g/mol. The first-order valence-electron chi connectivity index (χ1n) is 8.75. The number of rotatable bonds is 3. The molecule has 1 aliphatic rings. The zero-order valence-electron chi connectivity index (χ0n) is 14.6. The van der Waals surface area contributed by atoms with Gasteiger partial charge in [-0.3, -0.25) is 9.69 Å². The summed E-state index contributed by atoms with van der Waals surface area (Å²) in [5.41, 5.74) is 5.09. The highest BCUT2D eigenvalue weighted by molar-refractivity contribution is 9.10. The summed E-state index contributed by atoms with van der Waals surface area (Å²) < 4.78 is 1.12. The van der Waals surface area contributed by atoms with Gasteiger partial charge < -0.3 is 4.98 Å². The van der Waals surface area contributed by atoms with E-state index in [1.165, 1.54) is 11.1 Å². The number of aryl methyl sites for hydroxylation is 1. The molecule has 0 bridgehead atoms. The Morgan fingerprint density at radius 2 is 1.92 bits per heavy atom. The van der Waals surface area contributed by atoms with Gasteiger partial charge in [-0.25, -0.2) is 4.98 Å². The van der Waals surface area contributed by atoms with Gasteiger partial charge in [-0.15, -0.1) is 0 Å². The molecule has 1 N–H and O–H groups in total. The van der Waals surface area contributed by atoms with E-state index in [2.05, 4.69) is 44.0 Å². The largest absolute Gasteiger partial charge is 0.306 e. The molecule has 4 nitrogen and oxygen atoms in total. The van der Waals surface area contributed by atoms with Gasteiger partial charge in [0.2, 0.25) is 0 Å². The highest BCUT2D eigenvalue weighted by Gasteiger charge is 2.21. The van der Waals surface area contributed by atoms with Crippen molar-refractivity contribution >= 4 is 15.9 Å². The van der Waals surface area contributed by atoms with Crippen molar-refractivity contribution in [3.63, 3.8) is 0 Å². The quantitative estimate of drug-likeness (QED) is 0.709. The van der Waals surface area contributed by atoms with Crippen molar-refractivity contribution in [1.29, 1.82) is 0 Å². The smallest absolute Gasteiger partial charge is 0.254 e. The maximum Gasteiger partial charge on any atom is 0.254 e. The molecule has 0 fully saturated rings. The number of fused-ring (bicyclic) bond motifs is 1. The van der Waals surface area contributed by atoms with Gasteiger partial charge in [0.1, 0.15) is 5.82 Å². The molecule has 132 valence electrons. The highest BCUT2D eigenvalue weighted by atomic mass is 79.9. The summed E-state index contributed by atoms with van der Waals surface area (Å²) in [4.78, 5) is 22.6. The van der Waals surface area contributed by atoms with E-state index in [-0.39, 0.29) is 5.56 Å². The zero-order valence-corrected chi connectivity index (χ0v) is 16.2. The second-order valence-electron chi connectivity index (χ2n) is 6.76. The van der Waals surface area contributed by atoms with Crippen LogP contribution in [0.3, 0.4) is 0 Å². The Hall–Kier alpha value is -2.24. The second-order valence-corrected chi connectivity index (χ2v) is 7.61. The van der Waals surface area contributed by atoms with Crippen LogP contribution < -0.4 is 5.56 Å². The molecule has 0 unspecified atom stereocenters. The van der Waals surface area contributed by atoms with Crippen molar-refractivity contribution in [3.8, 4) is 11.4 Å². The monoisotopic (exact) mass is 409 g/mol. The summed E-state index contributed by atoms with van der Waals surface area (Å²) >= 11 is 3.62. The van der Waals surface area contributed by atoms with E-state index in [9.17, 15) is 4.79 Å². The number of benzene rings is 2. The van der Waals surface area contributed by atoms with E-state index < -0.39 is 0 Å². The fraction of sp³-hybridized carbons (Fsp3) is 0.238. The normalized spacial score (nSPS) is 14.2. The minimum Gasteiger partial charge on any atom is -0.306 e. The van der Waals surface area contributed by atoms with E-state index >= 15 is 0 Å². The highest BCUT2D eigenvalue weighted by Crippen LogP contribution is 2.23. The van der Waals surface area contributed by atoms with Gasteiger partial charge in [-0.1, -0.05) is 64.0 Å². The Bertz CT molecular complexity index is 995. The molecule has 3 aromatic rings. The second kappa shape index (κ2) is 7.17. The third-order valence-corrected chi connectivity index (χ3v) is 5.60. The molecular formula is C21H20BrN3O. The Balaban J connectivity index is 1.62. The van der Waals surface area contributed by atoms with Crippen molar-refractivity contribution in [2.45, 2.75) is 26.4 Å². The number of hydrogen-bond donors (Lipinski definition) is 1. The molecular weight excluding hydrogens is 390 g/mol. The molecule has 1 aliphatic heterocycles. The summed E-state index contributed by atoms with van der Waals surface area (Å²) in [6.07, 6.45) is 0.732. The minimum atomic E-state index is -0.00823. The summed E-state index contributed by atoms with van der Waals surface area (Å²) in [5.74, 6) is 0.650. The molecule has 0 saturated carbocycles. The molecule has 2 heterocycles. The van der Waals surface area contributed by atoms with E-state index in [0.29, 0.717) is 12.4 Å². The van der Waals surface area contributed by atoms with Gasteiger partial charge in [0.25, 0.3) is 5.56 Å². The van der Waals surface area contributed by atoms with Crippen LogP contribution in [0.15, 0.2) is 57.8 Å². The minimum absolute atomic E-state index is 0.00823. The van der Waals surface area contributed by atoms with Gasteiger partial charge in [0.05, 0.1) is 5.69 Å². The number of H-pyrrole nitrogens is 1. The lowest BCUT2D eigenvalue weighted by Gasteiger charge is -2.28. The Kier molecular flexibility index (Phi) is 4.74. The number of nitrogens with one attached hydrogen (secondary N) is 1. The van der Waals surface area contributed by atoms with Crippen LogP contribution >= 0.6 is 15.9 Å². The van der Waals surface area contributed by atoms with Crippen molar-refractivity contribution in [2.75, 3.05) is 6.54 Å². The summed E-state index contributed by atoms with van der Waals surface area (Å²) in [6, 6.07) is 16.3. The fourth-order valence-corrected chi connectivity index (χ4v) is 3.75. The maximum absolute atomic E-state index is 12.5. The lowest BCUT2D eigenvalue weighted by Crippen LogP contribution is -2.35. The first-order valence-corrected chi connectivity index (χ1v) is 9.54. The van der Waals surface area contributed by atoms with Crippen LogP contribution in [-0.4, -0.2) is 21.4 Å². The topological polar surface area (TPSA) is 49.0 Å². The van der Waals surface area contributed by atoms with Crippen LogP contribution in [0, 0.1) is 6.92 Å². The number of nitrogens with zero attached hydrogens (tertiary/aromatic N) is 2. The zero-order chi connectivity index (χ0) is 18.1. The van der Waals surface area contributed by atoms with E-state index in [4.69, 9.17) is 4.98 Å². The van der Waals surface area contributed by atoms with Crippen molar-refractivity contribution in [2.24, 2.45) is 0 Å². The number of hydrogen-bond acceptors (Lipinski definition) is 3. The van der Waals surface area contributed by atoms with Crippen molar-refractivity contribution in [1.82, 2.24) is 14.9 Å². The Morgan fingerprint density at radius 3 is 2.69 bits per heavy atom. The van der Waals surface area contributed by atoms with Crippen LogP contribution in [0.25, 0.3) is 11.4 Å². The van der Waals surface area contributed by atoms with Crippen LogP contribution in [0.2, 0.25) is 0 Å². The standard InChI is InChI=1S/C21H20BrN3O/c1-14-6-8-15(9-7-14)20-23-19-13-25(11-10-17(19)21(26)24-20)12-16-4-2-3-5-18(16)22/h2-9H,10-13H2,1H3,(H,23,24,26). The van der Waals surface area contributed by atoms with Crippen LogP contribution in [-0.2, 0) is 19.5 Å². The molecule has 0 atom stereocenters. The Morgan fingerprint density at radius 1 is 1.15 bits per heavy atom. The van der Waals surface area contributed by atoms with Crippen molar-refractivity contribution in [3.05, 3.63) is 85.7 Å². The predicted molar refractivity (Wildman–Crippen MR) is 107 cm³/mol. The molecule has 1 aromatic heterocycles. The Labute approximate surface area is 161 Å². The lowest BCUT2D eigenvalue weighted by molar-refractivity contribution is 0.240. The van der Waals surface area contributed by atoms with Gasteiger partial charge in [0.15, 0.2) is 0 Å². The summed E-state index contributed by atoms with van der Waals surface area (Å²) in [6.45, 7) is 4.45. The predicted octanol–water partition coefficient (Wildman–Crippen LogP) is 4.07. The molecule has 0 amide bonds. The molecule has 0 radical (unpaired) electrons. The van der Waals surface area contributed by atoms with E-state index in [1.54, 1.807) is 0 Å². The maximum atomic E-state index is 12.5. The summed E-state index contributed by atoms with van der Waals surface area (Å²) in [7, 11) is 0. The van der Waals surface area contributed by atoms with E-state index in [0.717, 1.165) is 40.8 Å². The van der Waals surface area contributed by atoms with Gasteiger partial charge in [-0.05, 0) is 25.0 Å².